The van der Waals surface area contributed by atoms with E-state index in [1.807, 2.05) is 6.07 Å². The van der Waals surface area contributed by atoms with Gasteiger partial charge in [-0.1, -0.05) is 46.9 Å². The molecule has 0 amide bonds. The molecule has 0 bridgehead atoms. The molecule has 0 aliphatic rings. The average Bonchev–Trinajstić information content (AvgIpc) is 2.78. The van der Waals surface area contributed by atoms with Gasteiger partial charge in [0.1, 0.15) is 11.7 Å². The molecular weight excluding hydrogens is 526 g/mol. The van der Waals surface area contributed by atoms with Crippen LogP contribution < -0.4 is 9.47 Å². The Balaban J connectivity index is 1.85. The van der Waals surface area contributed by atoms with Crippen LogP contribution in [0.2, 0.25) is 15.1 Å². The van der Waals surface area contributed by atoms with E-state index in [2.05, 4.69) is 0 Å². The summed E-state index contributed by atoms with van der Waals surface area (Å²) in [5.41, 5.74) is 0.214. The molecule has 0 radical (unpaired) electrons. The Morgan fingerprint density at radius 1 is 0.914 bits per heavy atom. The second kappa shape index (κ2) is 10.8. The van der Waals surface area contributed by atoms with Crippen molar-refractivity contribution in [2.75, 3.05) is 0 Å². The first-order valence-electron chi connectivity index (χ1n) is 10.1. The fourth-order valence-corrected chi connectivity index (χ4v) is 3.67. The maximum Gasteiger partial charge on any atom is 0.416 e. The van der Waals surface area contributed by atoms with E-state index in [9.17, 15) is 23.2 Å². The Morgan fingerprint density at radius 3 is 2.20 bits per heavy atom. The minimum atomic E-state index is -4.55. The van der Waals surface area contributed by atoms with Gasteiger partial charge in [-0.3, -0.25) is 4.79 Å². The number of ketones is 1. The van der Waals surface area contributed by atoms with Gasteiger partial charge >= 0.3 is 6.18 Å². The first kappa shape index (κ1) is 26.7. The number of hydrogen-bond acceptors (Lipinski definition) is 4. The third-order valence-corrected chi connectivity index (χ3v) is 6.01. The third kappa shape index (κ3) is 6.40. The van der Waals surface area contributed by atoms with Gasteiger partial charge in [-0.2, -0.15) is 18.4 Å². The molecule has 0 N–H and O–H groups in total. The number of benzene rings is 3. The van der Waals surface area contributed by atoms with E-state index in [1.165, 1.54) is 31.2 Å². The van der Waals surface area contributed by atoms with E-state index in [0.29, 0.717) is 5.56 Å². The van der Waals surface area contributed by atoms with Crippen LogP contribution in [0.4, 0.5) is 13.2 Å². The van der Waals surface area contributed by atoms with Crippen molar-refractivity contribution in [1.29, 1.82) is 5.26 Å². The third-order valence-electron chi connectivity index (χ3n) is 4.97. The van der Waals surface area contributed by atoms with E-state index in [1.54, 1.807) is 19.1 Å². The molecule has 0 aliphatic heterocycles. The number of nitriles is 1. The van der Waals surface area contributed by atoms with Crippen LogP contribution in [0.25, 0.3) is 0 Å². The van der Waals surface area contributed by atoms with Gasteiger partial charge in [0.15, 0.2) is 23.4 Å². The van der Waals surface area contributed by atoms with Gasteiger partial charge < -0.3 is 9.47 Å². The van der Waals surface area contributed by atoms with E-state index in [0.717, 1.165) is 23.8 Å². The quantitative estimate of drug-likeness (QED) is 0.301. The van der Waals surface area contributed by atoms with E-state index < -0.39 is 29.5 Å². The number of rotatable bonds is 7. The molecule has 3 rings (SSSR count). The first-order chi connectivity index (χ1) is 16.4. The number of Topliss-reactive ketones (excluding diaryl/α,β-unsaturated/α-hetero) is 1. The van der Waals surface area contributed by atoms with Crippen LogP contribution in [0.5, 0.6) is 17.2 Å². The Bertz CT molecular complexity index is 1310. The Labute approximate surface area is 214 Å². The van der Waals surface area contributed by atoms with Crippen molar-refractivity contribution in [1.82, 2.24) is 0 Å². The molecule has 0 saturated carbocycles. The maximum atomic E-state index is 13.0. The summed E-state index contributed by atoms with van der Waals surface area (Å²) in [5, 5.41) is 9.84. The maximum absolute atomic E-state index is 13.0. The summed E-state index contributed by atoms with van der Waals surface area (Å²) < 4.78 is 50.3. The zero-order chi connectivity index (χ0) is 25.9. The molecule has 3 aromatic rings. The van der Waals surface area contributed by atoms with Gasteiger partial charge in [-0.15, -0.1) is 0 Å². The molecular formula is C25H17Cl3F3NO3. The number of aryl methyl sites for hydroxylation is 1. The van der Waals surface area contributed by atoms with Crippen molar-refractivity contribution >= 4 is 40.6 Å². The summed E-state index contributed by atoms with van der Waals surface area (Å²) >= 11 is 17.9. The SMILES string of the molecule is Cc1ccc(Oc2ccc(C(F)(F)F)cc2Cl)c(OC(C)C(=O)C(C#N)c2ccc(Cl)c(Cl)c2)c1. The van der Waals surface area contributed by atoms with Crippen molar-refractivity contribution < 1.29 is 27.4 Å². The summed E-state index contributed by atoms with van der Waals surface area (Å²) in [6.45, 7) is 3.25. The standard InChI is InChI=1S/C25H17Cl3F3NO3/c1-13-3-7-22(35-21-8-5-16(11-20(21)28)25(29,30)31)23(9-13)34-14(2)24(33)17(12-32)15-4-6-18(26)19(27)10-15/h3-11,14,17H,1-2H3. The summed E-state index contributed by atoms with van der Waals surface area (Å²) in [6, 6.07) is 13.9. The van der Waals surface area contributed by atoms with E-state index >= 15 is 0 Å². The molecule has 0 heterocycles. The highest BCUT2D eigenvalue weighted by Gasteiger charge is 2.31. The molecule has 0 aromatic heterocycles. The lowest BCUT2D eigenvalue weighted by Crippen LogP contribution is -2.29. The molecule has 2 unspecified atom stereocenters. The van der Waals surface area contributed by atoms with E-state index in [-0.39, 0.29) is 32.3 Å². The molecule has 4 nitrogen and oxygen atoms in total. The lowest BCUT2D eigenvalue weighted by Gasteiger charge is -2.20. The fraction of sp³-hybridized carbons (Fsp3) is 0.200. The van der Waals surface area contributed by atoms with Gasteiger partial charge in [0, 0.05) is 0 Å². The summed E-state index contributed by atoms with van der Waals surface area (Å²) in [4.78, 5) is 13.0. The minimum Gasteiger partial charge on any atom is -0.479 e. The zero-order valence-electron chi connectivity index (χ0n) is 18.3. The average molecular weight is 543 g/mol. The van der Waals surface area contributed by atoms with Crippen LogP contribution in [-0.2, 0) is 11.0 Å². The molecule has 3 aromatic carbocycles. The highest BCUT2D eigenvalue weighted by atomic mass is 35.5. The van der Waals surface area contributed by atoms with Gasteiger partial charge in [0.05, 0.1) is 26.7 Å². The molecule has 0 spiro atoms. The molecule has 35 heavy (non-hydrogen) atoms. The van der Waals surface area contributed by atoms with Crippen LogP contribution in [0.3, 0.4) is 0 Å². The highest BCUT2D eigenvalue weighted by Crippen LogP contribution is 2.39. The Morgan fingerprint density at radius 2 is 1.60 bits per heavy atom. The second-order valence-corrected chi connectivity index (χ2v) is 8.81. The zero-order valence-corrected chi connectivity index (χ0v) is 20.6. The van der Waals surface area contributed by atoms with Gasteiger partial charge in [-0.25, -0.2) is 0 Å². The predicted molar refractivity (Wildman–Crippen MR) is 128 cm³/mol. The number of alkyl halides is 3. The van der Waals surface area contributed by atoms with Gasteiger partial charge in [0.25, 0.3) is 0 Å². The van der Waals surface area contributed by atoms with Gasteiger partial charge in [-0.05, 0) is 67.4 Å². The second-order valence-electron chi connectivity index (χ2n) is 7.59. The molecule has 182 valence electrons. The Kier molecular flexibility index (Phi) is 8.22. The molecule has 10 heteroatoms. The molecule has 0 aliphatic carbocycles. The number of carbonyl (C=O) groups is 1. The number of halogens is 6. The summed E-state index contributed by atoms with van der Waals surface area (Å²) in [5.74, 6) is -1.46. The molecule has 0 saturated heterocycles. The van der Waals surface area contributed by atoms with Crippen molar-refractivity contribution in [2.24, 2.45) is 0 Å². The lowest BCUT2D eigenvalue weighted by atomic mass is 9.93. The van der Waals surface area contributed by atoms with E-state index in [4.69, 9.17) is 44.3 Å². The summed E-state index contributed by atoms with van der Waals surface area (Å²) in [7, 11) is 0. The topological polar surface area (TPSA) is 59.3 Å². The number of hydrogen-bond donors (Lipinski definition) is 0. The van der Waals surface area contributed by atoms with Crippen LogP contribution in [0.1, 0.15) is 29.5 Å². The highest BCUT2D eigenvalue weighted by molar-refractivity contribution is 6.42. The van der Waals surface area contributed by atoms with Crippen LogP contribution in [0, 0.1) is 18.3 Å². The van der Waals surface area contributed by atoms with Crippen LogP contribution in [-0.4, -0.2) is 11.9 Å². The smallest absolute Gasteiger partial charge is 0.416 e. The minimum absolute atomic E-state index is 0.0296. The molecule has 2 atom stereocenters. The van der Waals surface area contributed by atoms with Crippen molar-refractivity contribution in [3.05, 3.63) is 86.4 Å². The van der Waals surface area contributed by atoms with Gasteiger partial charge in [0.2, 0.25) is 0 Å². The number of ether oxygens (including phenoxy) is 2. The summed E-state index contributed by atoms with van der Waals surface area (Å²) in [6.07, 6.45) is -5.64. The number of carbonyl (C=O) groups excluding carboxylic acids is 1. The molecule has 0 fully saturated rings. The fourth-order valence-electron chi connectivity index (χ4n) is 3.15. The lowest BCUT2D eigenvalue weighted by molar-refractivity contribution is -0.137. The largest absolute Gasteiger partial charge is 0.479 e. The normalized spacial score (nSPS) is 13.0. The Hall–Kier alpha value is -2.92. The van der Waals surface area contributed by atoms with Crippen molar-refractivity contribution in [2.45, 2.75) is 32.0 Å². The van der Waals surface area contributed by atoms with Crippen LogP contribution >= 0.6 is 34.8 Å². The first-order valence-corrected chi connectivity index (χ1v) is 11.2. The number of nitrogens with zero attached hydrogens (tertiary/aromatic N) is 1. The van der Waals surface area contributed by atoms with Crippen molar-refractivity contribution in [3.63, 3.8) is 0 Å². The monoisotopic (exact) mass is 541 g/mol. The van der Waals surface area contributed by atoms with Crippen LogP contribution in [0.15, 0.2) is 54.6 Å². The predicted octanol–water partition coefficient (Wildman–Crippen LogP) is 8.41. The van der Waals surface area contributed by atoms with Crippen molar-refractivity contribution in [3.8, 4) is 23.3 Å².